The molecule has 2 atom stereocenters. The average Bonchev–Trinajstić information content (AvgIpc) is 3.03. The van der Waals surface area contributed by atoms with Crippen molar-refractivity contribution < 1.29 is 0 Å². The van der Waals surface area contributed by atoms with Gasteiger partial charge in [-0.15, -0.1) is 0 Å². The number of nitrogens with one attached hydrogen (secondary N) is 1. The van der Waals surface area contributed by atoms with Gasteiger partial charge in [-0.3, -0.25) is 9.88 Å². The normalized spacial score (nSPS) is 26.1. The lowest BCUT2D eigenvalue weighted by atomic mass is 10.1. The van der Waals surface area contributed by atoms with E-state index in [1.807, 2.05) is 0 Å². The molecule has 20 heavy (non-hydrogen) atoms. The molecule has 2 unspecified atom stereocenters. The summed E-state index contributed by atoms with van der Waals surface area (Å²) in [5, 5.41) is 5.06. The summed E-state index contributed by atoms with van der Waals surface area (Å²) in [5.74, 6) is 0. The van der Waals surface area contributed by atoms with Gasteiger partial charge in [0.25, 0.3) is 0 Å². The van der Waals surface area contributed by atoms with E-state index >= 15 is 0 Å². The second-order valence-electron chi connectivity index (χ2n) is 6.11. The lowest BCUT2D eigenvalue weighted by molar-refractivity contribution is 0.318. The number of hydrogen-bond donors (Lipinski definition) is 1. The number of hydrogen-bond acceptors (Lipinski definition) is 3. The first-order chi connectivity index (χ1) is 9.81. The Morgan fingerprint density at radius 1 is 1.20 bits per heavy atom. The number of aryl methyl sites for hydroxylation is 1. The van der Waals surface area contributed by atoms with Gasteiger partial charge in [0, 0.05) is 35.4 Å². The Morgan fingerprint density at radius 3 is 3.05 bits per heavy atom. The van der Waals surface area contributed by atoms with Crippen molar-refractivity contribution in [1.29, 1.82) is 0 Å². The molecule has 0 bridgehead atoms. The molecule has 1 aromatic carbocycles. The third-order valence-corrected chi connectivity index (χ3v) is 4.79. The van der Waals surface area contributed by atoms with Crippen LogP contribution >= 0.6 is 0 Å². The molecule has 104 valence electrons. The zero-order valence-electron chi connectivity index (χ0n) is 12.0. The lowest BCUT2D eigenvalue weighted by Crippen LogP contribution is -2.33. The second kappa shape index (κ2) is 4.74. The van der Waals surface area contributed by atoms with Gasteiger partial charge in [-0.25, -0.2) is 0 Å². The molecule has 1 aromatic heterocycles. The SMILES string of the molecule is Cc1cc(NC2CCN3CCCC23)c2ccccc2n1. The van der Waals surface area contributed by atoms with E-state index in [-0.39, 0.29) is 0 Å². The average molecular weight is 267 g/mol. The van der Waals surface area contributed by atoms with Gasteiger partial charge in [0.15, 0.2) is 0 Å². The Hall–Kier alpha value is -1.61. The quantitative estimate of drug-likeness (QED) is 0.905. The summed E-state index contributed by atoms with van der Waals surface area (Å²) in [5.41, 5.74) is 3.44. The van der Waals surface area contributed by atoms with Crippen molar-refractivity contribution in [2.45, 2.75) is 38.3 Å². The molecule has 3 nitrogen and oxygen atoms in total. The van der Waals surface area contributed by atoms with Crippen molar-refractivity contribution in [3.63, 3.8) is 0 Å². The zero-order chi connectivity index (χ0) is 13.5. The molecular formula is C17H21N3. The van der Waals surface area contributed by atoms with Crippen molar-refractivity contribution in [1.82, 2.24) is 9.88 Å². The van der Waals surface area contributed by atoms with Crippen LogP contribution in [-0.2, 0) is 0 Å². The number of nitrogens with zero attached hydrogens (tertiary/aromatic N) is 2. The van der Waals surface area contributed by atoms with Crippen molar-refractivity contribution in [3.05, 3.63) is 36.0 Å². The molecule has 0 spiro atoms. The molecule has 2 saturated heterocycles. The Morgan fingerprint density at radius 2 is 2.10 bits per heavy atom. The van der Waals surface area contributed by atoms with Crippen LogP contribution in [0.5, 0.6) is 0 Å². The molecule has 2 aromatic rings. The highest BCUT2D eigenvalue weighted by Gasteiger charge is 2.37. The van der Waals surface area contributed by atoms with Crippen LogP contribution in [0, 0.1) is 6.92 Å². The third kappa shape index (κ3) is 1.97. The van der Waals surface area contributed by atoms with Crippen molar-refractivity contribution in [3.8, 4) is 0 Å². The number of aromatic nitrogens is 1. The Bertz CT molecular complexity index is 637. The number of anilines is 1. The molecule has 3 heterocycles. The van der Waals surface area contributed by atoms with E-state index in [9.17, 15) is 0 Å². The van der Waals surface area contributed by atoms with Crippen LogP contribution in [-0.4, -0.2) is 35.1 Å². The minimum Gasteiger partial charge on any atom is -0.380 e. The summed E-state index contributed by atoms with van der Waals surface area (Å²) < 4.78 is 0. The van der Waals surface area contributed by atoms with Gasteiger partial charge < -0.3 is 5.32 Å². The van der Waals surface area contributed by atoms with Crippen LogP contribution in [0.15, 0.2) is 30.3 Å². The molecule has 0 radical (unpaired) electrons. The smallest absolute Gasteiger partial charge is 0.0725 e. The number of para-hydroxylation sites is 1. The first kappa shape index (κ1) is 12.2. The van der Waals surface area contributed by atoms with E-state index in [1.165, 1.54) is 43.4 Å². The summed E-state index contributed by atoms with van der Waals surface area (Å²) in [6.45, 7) is 4.62. The van der Waals surface area contributed by atoms with E-state index in [4.69, 9.17) is 0 Å². The maximum Gasteiger partial charge on any atom is 0.0725 e. The molecule has 0 saturated carbocycles. The highest BCUT2D eigenvalue weighted by molar-refractivity contribution is 5.91. The highest BCUT2D eigenvalue weighted by atomic mass is 15.2. The van der Waals surface area contributed by atoms with Crippen LogP contribution in [0.1, 0.15) is 25.0 Å². The summed E-state index contributed by atoms with van der Waals surface area (Å²) >= 11 is 0. The first-order valence-electron chi connectivity index (χ1n) is 7.68. The van der Waals surface area contributed by atoms with Gasteiger partial charge in [0.1, 0.15) is 0 Å². The summed E-state index contributed by atoms with van der Waals surface area (Å²) in [7, 11) is 0. The molecule has 2 aliphatic rings. The molecule has 0 amide bonds. The Kier molecular flexibility index (Phi) is 2.88. The molecular weight excluding hydrogens is 246 g/mol. The Balaban J connectivity index is 1.68. The zero-order valence-corrected chi connectivity index (χ0v) is 12.0. The lowest BCUT2D eigenvalue weighted by Gasteiger charge is -2.23. The van der Waals surface area contributed by atoms with Crippen LogP contribution in [0.25, 0.3) is 10.9 Å². The summed E-state index contributed by atoms with van der Waals surface area (Å²) in [6, 6.07) is 12.0. The summed E-state index contributed by atoms with van der Waals surface area (Å²) in [4.78, 5) is 7.27. The molecule has 2 aliphatic heterocycles. The predicted octanol–water partition coefficient (Wildman–Crippen LogP) is 3.19. The fraction of sp³-hybridized carbons (Fsp3) is 0.471. The maximum atomic E-state index is 4.63. The standard InChI is InChI=1S/C17H21N3/c1-12-11-16(13-5-2-3-6-14(13)18-12)19-15-8-10-20-9-4-7-17(15)20/h2-3,5-6,11,15,17H,4,7-10H2,1H3,(H,18,19). The van der Waals surface area contributed by atoms with Crippen LogP contribution in [0.2, 0.25) is 0 Å². The van der Waals surface area contributed by atoms with Crippen LogP contribution in [0.3, 0.4) is 0 Å². The number of rotatable bonds is 2. The second-order valence-corrected chi connectivity index (χ2v) is 6.11. The minimum absolute atomic E-state index is 0.600. The fourth-order valence-electron chi connectivity index (χ4n) is 3.88. The summed E-state index contributed by atoms with van der Waals surface area (Å²) in [6.07, 6.45) is 3.97. The fourth-order valence-corrected chi connectivity index (χ4v) is 3.88. The third-order valence-electron chi connectivity index (χ3n) is 4.79. The highest BCUT2D eigenvalue weighted by Crippen LogP contribution is 2.32. The topological polar surface area (TPSA) is 28.2 Å². The molecule has 1 N–H and O–H groups in total. The van der Waals surface area contributed by atoms with Gasteiger partial charge in [0.2, 0.25) is 0 Å². The number of pyridine rings is 1. The molecule has 4 rings (SSSR count). The van der Waals surface area contributed by atoms with Gasteiger partial charge in [-0.2, -0.15) is 0 Å². The molecule has 2 fully saturated rings. The van der Waals surface area contributed by atoms with E-state index in [0.717, 1.165) is 17.3 Å². The number of fused-ring (bicyclic) bond motifs is 2. The Labute approximate surface area is 120 Å². The molecule has 0 aliphatic carbocycles. The van der Waals surface area contributed by atoms with E-state index in [2.05, 4.69) is 52.5 Å². The van der Waals surface area contributed by atoms with Crippen molar-refractivity contribution in [2.24, 2.45) is 0 Å². The van der Waals surface area contributed by atoms with Crippen LogP contribution < -0.4 is 5.32 Å². The van der Waals surface area contributed by atoms with Crippen molar-refractivity contribution >= 4 is 16.6 Å². The number of benzene rings is 1. The van der Waals surface area contributed by atoms with E-state index in [0.29, 0.717) is 6.04 Å². The van der Waals surface area contributed by atoms with Crippen LogP contribution in [0.4, 0.5) is 5.69 Å². The minimum atomic E-state index is 0.600. The first-order valence-corrected chi connectivity index (χ1v) is 7.68. The largest absolute Gasteiger partial charge is 0.380 e. The van der Waals surface area contributed by atoms with Gasteiger partial charge >= 0.3 is 0 Å². The van der Waals surface area contributed by atoms with Gasteiger partial charge in [-0.05, 0) is 44.9 Å². The van der Waals surface area contributed by atoms with E-state index < -0.39 is 0 Å². The maximum absolute atomic E-state index is 4.63. The van der Waals surface area contributed by atoms with Gasteiger partial charge in [0.05, 0.1) is 5.52 Å². The predicted molar refractivity (Wildman–Crippen MR) is 83.1 cm³/mol. The molecule has 3 heteroatoms. The van der Waals surface area contributed by atoms with Gasteiger partial charge in [-0.1, -0.05) is 18.2 Å². The van der Waals surface area contributed by atoms with E-state index in [1.54, 1.807) is 0 Å². The monoisotopic (exact) mass is 267 g/mol. The van der Waals surface area contributed by atoms with Crippen molar-refractivity contribution in [2.75, 3.05) is 18.4 Å².